The second kappa shape index (κ2) is 4.84. The Labute approximate surface area is 93.7 Å². The summed E-state index contributed by atoms with van der Waals surface area (Å²) in [5.41, 5.74) is 0. The van der Waals surface area contributed by atoms with Gasteiger partial charge in [0.25, 0.3) is 0 Å². The van der Waals surface area contributed by atoms with Crippen LogP contribution in [0.4, 0.5) is 0 Å². The first kappa shape index (κ1) is 11.4. The summed E-state index contributed by atoms with van der Waals surface area (Å²) in [7, 11) is 0. The zero-order valence-electron chi connectivity index (χ0n) is 10.2. The zero-order valence-corrected chi connectivity index (χ0v) is 10.2. The highest BCUT2D eigenvalue weighted by molar-refractivity contribution is 4.90. The lowest BCUT2D eigenvalue weighted by Gasteiger charge is -2.47. The van der Waals surface area contributed by atoms with Gasteiger partial charge in [-0.3, -0.25) is 4.90 Å². The van der Waals surface area contributed by atoms with E-state index in [1.165, 1.54) is 38.8 Å². The Morgan fingerprint density at radius 3 is 2.40 bits per heavy atom. The SMILES string of the molecule is CC(C)C1CN(C2CCCCCC2O)C1. The molecule has 1 N–H and O–H groups in total. The van der Waals surface area contributed by atoms with Crippen molar-refractivity contribution in [3.63, 3.8) is 0 Å². The number of aliphatic hydroxyl groups excluding tert-OH is 1. The molecule has 2 heteroatoms. The fourth-order valence-electron chi connectivity index (χ4n) is 2.94. The molecule has 0 aromatic rings. The van der Waals surface area contributed by atoms with Crippen molar-refractivity contribution >= 4 is 0 Å². The summed E-state index contributed by atoms with van der Waals surface area (Å²) in [5, 5.41) is 10.1. The Bertz CT molecular complexity index is 199. The van der Waals surface area contributed by atoms with Crippen LogP contribution in [0.25, 0.3) is 0 Å². The second-order valence-corrected chi connectivity index (χ2v) is 5.73. The second-order valence-electron chi connectivity index (χ2n) is 5.73. The van der Waals surface area contributed by atoms with Crippen molar-refractivity contribution in [3.8, 4) is 0 Å². The van der Waals surface area contributed by atoms with Gasteiger partial charge in [0.05, 0.1) is 6.10 Å². The molecule has 2 fully saturated rings. The average Bonchev–Trinajstić information content (AvgIpc) is 2.28. The van der Waals surface area contributed by atoms with Crippen LogP contribution in [0.3, 0.4) is 0 Å². The molecular formula is C13H25NO. The van der Waals surface area contributed by atoms with Gasteiger partial charge in [0, 0.05) is 19.1 Å². The van der Waals surface area contributed by atoms with Gasteiger partial charge in [0.1, 0.15) is 0 Å². The van der Waals surface area contributed by atoms with Gasteiger partial charge in [-0.05, 0) is 24.7 Å². The van der Waals surface area contributed by atoms with Crippen LogP contribution in [0.2, 0.25) is 0 Å². The van der Waals surface area contributed by atoms with Crippen LogP contribution in [-0.2, 0) is 0 Å². The molecule has 1 saturated heterocycles. The molecule has 2 aliphatic rings. The maximum absolute atomic E-state index is 10.1. The van der Waals surface area contributed by atoms with E-state index in [4.69, 9.17) is 0 Å². The largest absolute Gasteiger partial charge is 0.391 e. The standard InChI is InChI=1S/C13H25NO/c1-10(2)11-8-14(9-11)12-6-4-3-5-7-13(12)15/h10-13,15H,3-9H2,1-2H3. The fourth-order valence-corrected chi connectivity index (χ4v) is 2.94. The highest BCUT2D eigenvalue weighted by atomic mass is 16.3. The normalized spacial score (nSPS) is 35.2. The van der Waals surface area contributed by atoms with Gasteiger partial charge in [-0.1, -0.05) is 33.1 Å². The summed E-state index contributed by atoms with van der Waals surface area (Å²) in [6.45, 7) is 7.07. The molecule has 0 aromatic heterocycles. The Hall–Kier alpha value is -0.0800. The van der Waals surface area contributed by atoms with Crippen molar-refractivity contribution in [1.82, 2.24) is 4.90 Å². The van der Waals surface area contributed by atoms with Crippen molar-refractivity contribution in [2.45, 2.75) is 58.1 Å². The molecule has 1 saturated carbocycles. The maximum Gasteiger partial charge on any atom is 0.0695 e. The van der Waals surface area contributed by atoms with Gasteiger partial charge in [-0.25, -0.2) is 0 Å². The molecule has 1 aliphatic carbocycles. The van der Waals surface area contributed by atoms with E-state index in [2.05, 4.69) is 18.7 Å². The monoisotopic (exact) mass is 211 g/mol. The van der Waals surface area contributed by atoms with Crippen molar-refractivity contribution in [1.29, 1.82) is 0 Å². The molecule has 0 bridgehead atoms. The lowest BCUT2D eigenvalue weighted by Crippen LogP contribution is -2.57. The molecule has 15 heavy (non-hydrogen) atoms. The van der Waals surface area contributed by atoms with Crippen LogP contribution < -0.4 is 0 Å². The number of nitrogens with zero attached hydrogens (tertiary/aromatic N) is 1. The van der Waals surface area contributed by atoms with E-state index < -0.39 is 0 Å². The maximum atomic E-state index is 10.1. The number of rotatable bonds is 2. The molecule has 0 aromatic carbocycles. The smallest absolute Gasteiger partial charge is 0.0695 e. The molecule has 0 spiro atoms. The van der Waals surface area contributed by atoms with Crippen LogP contribution in [-0.4, -0.2) is 35.2 Å². The van der Waals surface area contributed by atoms with E-state index in [0.29, 0.717) is 6.04 Å². The topological polar surface area (TPSA) is 23.5 Å². The average molecular weight is 211 g/mol. The van der Waals surface area contributed by atoms with Gasteiger partial charge in [0.2, 0.25) is 0 Å². The highest BCUT2D eigenvalue weighted by Crippen LogP contribution is 2.31. The molecule has 2 atom stereocenters. The summed E-state index contributed by atoms with van der Waals surface area (Å²) < 4.78 is 0. The number of likely N-dealkylation sites (tertiary alicyclic amines) is 1. The van der Waals surface area contributed by atoms with Crippen molar-refractivity contribution in [2.24, 2.45) is 11.8 Å². The van der Waals surface area contributed by atoms with Crippen molar-refractivity contribution in [3.05, 3.63) is 0 Å². The van der Waals surface area contributed by atoms with Crippen molar-refractivity contribution < 1.29 is 5.11 Å². The molecular weight excluding hydrogens is 186 g/mol. The molecule has 1 heterocycles. The summed E-state index contributed by atoms with van der Waals surface area (Å²) >= 11 is 0. The quantitative estimate of drug-likeness (QED) is 0.708. The van der Waals surface area contributed by atoms with E-state index in [9.17, 15) is 5.11 Å². The molecule has 2 unspecified atom stereocenters. The molecule has 1 aliphatic heterocycles. The third-order valence-corrected chi connectivity index (χ3v) is 4.29. The predicted octanol–water partition coefficient (Wildman–Crippen LogP) is 2.27. The first-order chi connectivity index (χ1) is 7.18. The summed E-state index contributed by atoms with van der Waals surface area (Å²) in [6.07, 6.45) is 6.03. The molecule has 0 amide bonds. The number of hydrogen-bond donors (Lipinski definition) is 1. The van der Waals surface area contributed by atoms with E-state index in [1.807, 2.05) is 0 Å². The first-order valence-corrected chi connectivity index (χ1v) is 6.60. The summed E-state index contributed by atoms with van der Waals surface area (Å²) in [4.78, 5) is 2.51. The van der Waals surface area contributed by atoms with Crippen LogP contribution in [0.5, 0.6) is 0 Å². The van der Waals surface area contributed by atoms with Crippen LogP contribution >= 0.6 is 0 Å². The minimum absolute atomic E-state index is 0.0550. The third-order valence-electron chi connectivity index (χ3n) is 4.29. The summed E-state index contributed by atoms with van der Waals surface area (Å²) in [6, 6.07) is 0.475. The molecule has 2 nitrogen and oxygen atoms in total. The lowest BCUT2D eigenvalue weighted by molar-refractivity contribution is -0.0321. The predicted molar refractivity (Wildman–Crippen MR) is 62.8 cm³/mol. The third kappa shape index (κ3) is 2.54. The number of hydrogen-bond acceptors (Lipinski definition) is 2. The van der Waals surface area contributed by atoms with Crippen LogP contribution in [0, 0.1) is 11.8 Å². The van der Waals surface area contributed by atoms with E-state index in [-0.39, 0.29) is 6.10 Å². The summed E-state index contributed by atoms with van der Waals surface area (Å²) in [5.74, 6) is 1.68. The first-order valence-electron chi connectivity index (χ1n) is 6.60. The minimum Gasteiger partial charge on any atom is -0.391 e. The molecule has 2 rings (SSSR count). The minimum atomic E-state index is -0.0550. The number of aliphatic hydroxyl groups is 1. The molecule has 88 valence electrons. The van der Waals surface area contributed by atoms with Gasteiger partial charge in [-0.15, -0.1) is 0 Å². The van der Waals surface area contributed by atoms with E-state index in [0.717, 1.165) is 18.3 Å². The van der Waals surface area contributed by atoms with Crippen molar-refractivity contribution in [2.75, 3.05) is 13.1 Å². The lowest BCUT2D eigenvalue weighted by atomic mass is 9.85. The van der Waals surface area contributed by atoms with E-state index >= 15 is 0 Å². The zero-order chi connectivity index (χ0) is 10.8. The molecule has 0 radical (unpaired) electrons. The Kier molecular flexibility index (Phi) is 3.68. The van der Waals surface area contributed by atoms with Crippen LogP contribution in [0.15, 0.2) is 0 Å². The fraction of sp³-hybridized carbons (Fsp3) is 1.00. The highest BCUT2D eigenvalue weighted by Gasteiger charge is 2.37. The Balaban J connectivity index is 1.83. The van der Waals surface area contributed by atoms with Crippen LogP contribution in [0.1, 0.15) is 46.0 Å². The van der Waals surface area contributed by atoms with Gasteiger partial charge in [-0.2, -0.15) is 0 Å². The van der Waals surface area contributed by atoms with Gasteiger partial charge in [0.15, 0.2) is 0 Å². The Morgan fingerprint density at radius 2 is 1.73 bits per heavy atom. The van der Waals surface area contributed by atoms with Gasteiger partial charge < -0.3 is 5.11 Å². The van der Waals surface area contributed by atoms with E-state index in [1.54, 1.807) is 0 Å². The van der Waals surface area contributed by atoms with Gasteiger partial charge >= 0.3 is 0 Å². The Morgan fingerprint density at radius 1 is 1.07 bits per heavy atom.